The van der Waals surface area contributed by atoms with Crippen LogP contribution in [0, 0.1) is 12.8 Å². The van der Waals surface area contributed by atoms with E-state index in [0.29, 0.717) is 17.4 Å². The number of hydrogen-bond donors (Lipinski definition) is 3. The number of hydrogen-bond acceptors (Lipinski definition) is 3. The Hall–Kier alpha value is -1.98. The normalized spacial score (nSPS) is 21.4. The van der Waals surface area contributed by atoms with Crippen molar-refractivity contribution in [2.24, 2.45) is 5.92 Å². The molecule has 2 amide bonds. The van der Waals surface area contributed by atoms with Gasteiger partial charge < -0.3 is 20.2 Å². The van der Waals surface area contributed by atoms with E-state index in [4.69, 9.17) is 9.52 Å². The first-order chi connectivity index (χ1) is 8.47. The topological polar surface area (TPSA) is 91.6 Å². The molecule has 6 nitrogen and oxygen atoms in total. The molecule has 1 saturated carbocycles. The number of rotatable bonds is 4. The summed E-state index contributed by atoms with van der Waals surface area (Å²) in [6.45, 7) is 3.83. The maximum absolute atomic E-state index is 11.5. The average molecular weight is 252 g/mol. The fourth-order valence-corrected chi connectivity index (χ4v) is 1.75. The summed E-state index contributed by atoms with van der Waals surface area (Å²) in [5.74, 6) is 0.290. The van der Waals surface area contributed by atoms with Crippen LogP contribution in [0.4, 0.5) is 4.79 Å². The summed E-state index contributed by atoms with van der Waals surface area (Å²) < 4.78 is 5.24. The van der Waals surface area contributed by atoms with Crippen molar-refractivity contribution in [1.29, 1.82) is 0 Å². The van der Waals surface area contributed by atoms with Gasteiger partial charge >= 0.3 is 12.0 Å². The number of carbonyl (C=O) groups excluding carboxylic acids is 1. The number of aromatic carboxylic acids is 1. The van der Waals surface area contributed by atoms with E-state index in [1.807, 2.05) is 0 Å². The first kappa shape index (κ1) is 12.5. The molecule has 2 rings (SSSR count). The zero-order chi connectivity index (χ0) is 13.3. The highest BCUT2D eigenvalue weighted by atomic mass is 16.4. The SMILES string of the molecule is Cc1oc(CNC(=O)NC2CC2C)cc1C(=O)O. The van der Waals surface area contributed by atoms with Gasteiger partial charge in [0.05, 0.1) is 6.54 Å². The maximum atomic E-state index is 11.5. The Bertz CT molecular complexity index is 480. The summed E-state index contributed by atoms with van der Waals surface area (Å²) in [7, 11) is 0. The first-order valence-electron chi connectivity index (χ1n) is 5.84. The molecule has 18 heavy (non-hydrogen) atoms. The van der Waals surface area contributed by atoms with Crippen molar-refractivity contribution < 1.29 is 19.1 Å². The fraction of sp³-hybridized carbons (Fsp3) is 0.500. The number of furan rings is 1. The second-order valence-electron chi connectivity index (χ2n) is 4.63. The molecule has 1 aliphatic rings. The van der Waals surface area contributed by atoms with Gasteiger partial charge in [-0.1, -0.05) is 6.92 Å². The van der Waals surface area contributed by atoms with E-state index < -0.39 is 5.97 Å². The average Bonchev–Trinajstić information content (AvgIpc) is 2.83. The van der Waals surface area contributed by atoms with Gasteiger partial charge in [-0.3, -0.25) is 0 Å². The van der Waals surface area contributed by atoms with Crippen LogP contribution >= 0.6 is 0 Å². The van der Waals surface area contributed by atoms with E-state index in [-0.39, 0.29) is 24.2 Å². The summed E-state index contributed by atoms with van der Waals surface area (Å²) in [6, 6.07) is 1.44. The van der Waals surface area contributed by atoms with Crippen molar-refractivity contribution in [2.75, 3.05) is 0 Å². The van der Waals surface area contributed by atoms with Gasteiger partial charge in [0.15, 0.2) is 0 Å². The summed E-state index contributed by atoms with van der Waals surface area (Å²) >= 11 is 0. The number of nitrogens with one attached hydrogen (secondary N) is 2. The Kier molecular flexibility index (Phi) is 3.27. The van der Waals surface area contributed by atoms with Crippen LogP contribution in [-0.4, -0.2) is 23.1 Å². The Morgan fingerprint density at radius 3 is 2.72 bits per heavy atom. The molecule has 1 heterocycles. The number of carboxylic acid groups (broad SMARTS) is 1. The molecule has 0 aromatic carbocycles. The van der Waals surface area contributed by atoms with Crippen molar-refractivity contribution >= 4 is 12.0 Å². The predicted molar refractivity (Wildman–Crippen MR) is 63.3 cm³/mol. The standard InChI is InChI=1S/C12H16N2O4/c1-6-3-10(6)14-12(17)13-5-8-4-9(11(15)16)7(2)18-8/h4,6,10H,3,5H2,1-2H3,(H,15,16)(H2,13,14,17). The van der Waals surface area contributed by atoms with Gasteiger partial charge in [0.25, 0.3) is 0 Å². The highest BCUT2D eigenvalue weighted by Crippen LogP contribution is 2.28. The molecule has 0 bridgehead atoms. The van der Waals surface area contributed by atoms with Gasteiger partial charge in [-0.15, -0.1) is 0 Å². The van der Waals surface area contributed by atoms with Gasteiger partial charge in [-0.25, -0.2) is 9.59 Å². The first-order valence-corrected chi connectivity index (χ1v) is 5.84. The van der Waals surface area contributed by atoms with Crippen molar-refractivity contribution in [3.63, 3.8) is 0 Å². The Morgan fingerprint density at radius 2 is 2.22 bits per heavy atom. The molecule has 0 saturated heterocycles. The number of carbonyl (C=O) groups is 2. The molecule has 0 spiro atoms. The lowest BCUT2D eigenvalue weighted by Crippen LogP contribution is -2.36. The Balaban J connectivity index is 1.84. The van der Waals surface area contributed by atoms with E-state index >= 15 is 0 Å². The Morgan fingerprint density at radius 1 is 1.56 bits per heavy atom. The Labute approximate surface area is 104 Å². The van der Waals surface area contributed by atoms with Crippen LogP contribution in [-0.2, 0) is 6.54 Å². The molecule has 0 aliphatic heterocycles. The molecule has 3 N–H and O–H groups in total. The van der Waals surface area contributed by atoms with Gasteiger partial charge in [0.1, 0.15) is 17.1 Å². The van der Waals surface area contributed by atoms with E-state index in [0.717, 1.165) is 6.42 Å². The summed E-state index contributed by atoms with van der Waals surface area (Å²) in [5.41, 5.74) is 0.128. The number of urea groups is 1. The molecule has 1 fully saturated rings. The second kappa shape index (κ2) is 4.72. The molecule has 98 valence electrons. The summed E-state index contributed by atoms with van der Waals surface area (Å²) in [4.78, 5) is 22.3. The zero-order valence-electron chi connectivity index (χ0n) is 10.3. The quantitative estimate of drug-likeness (QED) is 0.757. The molecule has 1 aliphatic carbocycles. The summed E-state index contributed by atoms with van der Waals surface area (Å²) in [5, 5.41) is 14.3. The highest BCUT2D eigenvalue weighted by molar-refractivity contribution is 5.88. The fourth-order valence-electron chi connectivity index (χ4n) is 1.75. The molecular weight excluding hydrogens is 236 g/mol. The van der Waals surface area contributed by atoms with Crippen LogP contribution in [0.1, 0.15) is 35.2 Å². The molecule has 0 radical (unpaired) electrons. The molecule has 6 heteroatoms. The van der Waals surface area contributed by atoms with Crippen LogP contribution in [0.5, 0.6) is 0 Å². The van der Waals surface area contributed by atoms with E-state index in [1.54, 1.807) is 6.92 Å². The van der Waals surface area contributed by atoms with E-state index in [1.165, 1.54) is 6.07 Å². The zero-order valence-corrected chi connectivity index (χ0v) is 10.3. The largest absolute Gasteiger partial charge is 0.478 e. The van der Waals surface area contributed by atoms with Crippen molar-refractivity contribution in [1.82, 2.24) is 10.6 Å². The minimum atomic E-state index is -1.03. The van der Waals surface area contributed by atoms with Crippen LogP contribution in [0.25, 0.3) is 0 Å². The van der Waals surface area contributed by atoms with Crippen molar-refractivity contribution in [3.8, 4) is 0 Å². The molecule has 2 unspecified atom stereocenters. The van der Waals surface area contributed by atoms with Crippen LogP contribution in [0.2, 0.25) is 0 Å². The molecule has 1 aromatic rings. The lowest BCUT2D eigenvalue weighted by molar-refractivity contribution is 0.0695. The molecule has 2 atom stereocenters. The number of aryl methyl sites for hydroxylation is 1. The lowest BCUT2D eigenvalue weighted by Gasteiger charge is -2.04. The third kappa shape index (κ3) is 2.82. The minimum absolute atomic E-state index is 0.128. The van der Waals surface area contributed by atoms with Gasteiger partial charge in [0, 0.05) is 6.04 Å². The smallest absolute Gasteiger partial charge is 0.339 e. The van der Waals surface area contributed by atoms with Gasteiger partial charge in [-0.05, 0) is 25.3 Å². The maximum Gasteiger partial charge on any atom is 0.339 e. The highest BCUT2D eigenvalue weighted by Gasteiger charge is 2.33. The van der Waals surface area contributed by atoms with E-state index in [2.05, 4.69) is 17.6 Å². The van der Waals surface area contributed by atoms with Crippen molar-refractivity contribution in [2.45, 2.75) is 32.9 Å². The lowest BCUT2D eigenvalue weighted by atomic mass is 10.2. The van der Waals surface area contributed by atoms with E-state index in [9.17, 15) is 9.59 Å². The van der Waals surface area contributed by atoms with Crippen molar-refractivity contribution in [3.05, 3.63) is 23.2 Å². The van der Waals surface area contributed by atoms with Gasteiger partial charge in [0.2, 0.25) is 0 Å². The monoisotopic (exact) mass is 252 g/mol. The second-order valence-corrected chi connectivity index (χ2v) is 4.63. The van der Waals surface area contributed by atoms with Gasteiger partial charge in [-0.2, -0.15) is 0 Å². The third-order valence-corrected chi connectivity index (χ3v) is 3.05. The van der Waals surface area contributed by atoms with Crippen LogP contribution in [0.3, 0.4) is 0 Å². The molecule has 1 aromatic heterocycles. The predicted octanol–water partition coefficient (Wildman–Crippen LogP) is 1.49. The number of carboxylic acids is 1. The third-order valence-electron chi connectivity index (χ3n) is 3.05. The molecular formula is C12H16N2O4. The number of amides is 2. The van der Waals surface area contributed by atoms with Crippen LogP contribution < -0.4 is 10.6 Å². The minimum Gasteiger partial charge on any atom is -0.478 e. The summed E-state index contributed by atoms with van der Waals surface area (Å²) in [6.07, 6.45) is 1.01. The van der Waals surface area contributed by atoms with Crippen LogP contribution in [0.15, 0.2) is 10.5 Å².